The molecular formula is C27H30N2O4. The Morgan fingerprint density at radius 1 is 0.758 bits per heavy atom. The second kappa shape index (κ2) is 12.1. The van der Waals surface area contributed by atoms with E-state index in [4.69, 9.17) is 9.47 Å². The molecule has 0 aliphatic heterocycles. The number of ether oxygens (including phenoxy) is 2. The van der Waals surface area contributed by atoms with Crippen LogP contribution in [-0.2, 0) is 0 Å². The molecule has 3 rings (SSSR count). The van der Waals surface area contributed by atoms with Gasteiger partial charge in [-0.05, 0) is 68.8 Å². The lowest BCUT2D eigenvalue weighted by Gasteiger charge is -2.13. The highest BCUT2D eigenvalue weighted by Gasteiger charge is 2.18. The van der Waals surface area contributed by atoms with Gasteiger partial charge in [-0.15, -0.1) is 6.58 Å². The van der Waals surface area contributed by atoms with Gasteiger partial charge in [0.1, 0.15) is 17.1 Å². The third-order valence-corrected chi connectivity index (χ3v) is 4.45. The van der Waals surface area contributed by atoms with Crippen molar-refractivity contribution in [3.05, 3.63) is 95.6 Å². The maximum Gasteiger partial charge on any atom is 0.263 e. The summed E-state index contributed by atoms with van der Waals surface area (Å²) in [5.74, 6) is 0.243. The number of nitrogens with one attached hydrogen (secondary N) is 2. The van der Waals surface area contributed by atoms with Gasteiger partial charge in [-0.1, -0.05) is 29.8 Å². The summed E-state index contributed by atoms with van der Waals surface area (Å²) < 4.78 is 10.5. The summed E-state index contributed by atoms with van der Waals surface area (Å²) in [5.41, 5.74) is 4.25. The number of para-hydroxylation sites is 1. The van der Waals surface area contributed by atoms with Crippen molar-refractivity contribution in [2.45, 2.75) is 20.8 Å². The second-order valence-corrected chi connectivity index (χ2v) is 7.55. The molecule has 2 N–H and O–H groups in total. The zero-order valence-corrected chi connectivity index (χ0v) is 19.7. The van der Waals surface area contributed by atoms with Crippen LogP contribution in [0.3, 0.4) is 0 Å². The number of carbonyl (C=O) groups is 2. The molecule has 0 aliphatic rings. The zero-order valence-electron chi connectivity index (χ0n) is 19.7. The molecule has 172 valence electrons. The monoisotopic (exact) mass is 446 g/mol. The lowest BCUT2D eigenvalue weighted by Crippen LogP contribution is -2.15. The topological polar surface area (TPSA) is 76.7 Å². The van der Waals surface area contributed by atoms with Crippen molar-refractivity contribution in [2.75, 3.05) is 24.9 Å². The summed E-state index contributed by atoms with van der Waals surface area (Å²) in [6, 6.07) is 19.4. The Morgan fingerprint density at radius 3 is 1.82 bits per heavy atom. The number of rotatable bonds is 6. The van der Waals surface area contributed by atoms with Gasteiger partial charge in [0.25, 0.3) is 11.8 Å². The van der Waals surface area contributed by atoms with Gasteiger partial charge in [-0.25, -0.2) is 0 Å². The normalized spacial score (nSPS) is 9.73. The first-order chi connectivity index (χ1) is 15.8. The molecule has 0 aliphatic carbocycles. The number of benzene rings is 3. The molecule has 0 atom stereocenters. The quantitative estimate of drug-likeness (QED) is 0.449. The molecule has 2 amide bonds. The molecule has 0 unspecified atom stereocenters. The van der Waals surface area contributed by atoms with Crippen molar-refractivity contribution in [1.82, 2.24) is 0 Å². The van der Waals surface area contributed by atoms with E-state index in [2.05, 4.69) is 17.2 Å². The Bertz CT molecular complexity index is 1090. The van der Waals surface area contributed by atoms with Crippen molar-refractivity contribution in [3.8, 4) is 11.5 Å². The standard InChI is InChI=1S/C23H22N2O4.C4H8/c1-15-7-4-5-8-18(15)25-22(26)16-11-13-17(14-12-16)24-23(27)21-19(28-2)9-6-10-20(21)29-3;1-4(2)3/h4-14H,1-3H3,(H,24,27)(H,25,26);1H2,2-3H3. The minimum atomic E-state index is -0.364. The van der Waals surface area contributed by atoms with Crippen LogP contribution in [0.1, 0.15) is 40.1 Å². The van der Waals surface area contributed by atoms with E-state index in [1.54, 1.807) is 42.5 Å². The molecule has 6 heteroatoms. The Labute approximate surface area is 195 Å². The highest BCUT2D eigenvalue weighted by atomic mass is 16.5. The van der Waals surface area contributed by atoms with E-state index in [1.165, 1.54) is 19.8 Å². The largest absolute Gasteiger partial charge is 0.496 e. The highest BCUT2D eigenvalue weighted by molar-refractivity contribution is 6.09. The van der Waals surface area contributed by atoms with Gasteiger partial charge in [0.05, 0.1) is 14.2 Å². The summed E-state index contributed by atoms with van der Waals surface area (Å²) in [5, 5.41) is 5.69. The molecule has 0 fully saturated rings. The average Bonchev–Trinajstić information content (AvgIpc) is 2.80. The maximum atomic E-state index is 12.7. The molecule has 0 saturated carbocycles. The van der Waals surface area contributed by atoms with Gasteiger partial charge in [0.2, 0.25) is 0 Å². The van der Waals surface area contributed by atoms with Crippen LogP contribution in [0.5, 0.6) is 11.5 Å². The summed E-state index contributed by atoms with van der Waals surface area (Å²) in [7, 11) is 2.99. The lowest BCUT2D eigenvalue weighted by atomic mass is 10.1. The van der Waals surface area contributed by atoms with Crippen molar-refractivity contribution in [3.63, 3.8) is 0 Å². The van der Waals surface area contributed by atoms with Crippen LogP contribution in [0.4, 0.5) is 11.4 Å². The van der Waals surface area contributed by atoms with Gasteiger partial charge < -0.3 is 20.1 Å². The summed E-state index contributed by atoms with van der Waals surface area (Å²) in [6.07, 6.45) is 0. The first-order valence-electron chi connectivity index (χ1n) is 10.4. The van der Waals surface area contributed by atoms with Gasteiger partial charge >= 0.3 is 0 Å². The third-order valence-electron chi connectivity index (χ3n) is 4.45. The molecule has 0 aromatic heterocycles. The van der Waals surface area contributed by atoms with Crippen molar-refractivity contribution < 1.29 is 19.1 Å². The molecule has 0 bridgehead atoms. The number of anilines is 2. The van der Waals surface area contributed by atoms with E-state index in [1.807, 2.05) is 45.0 Å². The third kappa shape index (κ3) is 7.25. The fourth-order valence-corrected chi connectivity index (χ4v) is 2.88. The first-order valence-corrected chi connectivity index (χ1v) is 10.4. The Morgan fingerprint density at radius 2 is 1.30 bits per heavy atom. The smallest absolute Gasteiger partial charge is 0.263 e. The van der Waals surface area contributed by atoms with Crippen molar-refractivity contribution in [2.24, 2.45) is 0 Å². The second-order valence-electron chi connectivity index (χ2n) is 7.55. The van der Waals surface area contributed by atoms with E-state index >= 15 is 0 Å². The van der Waals surface area contributed by atoms with Crippen LogP contribution in [0.25, 0.3) is 0 Å². The molecule has 3 aromatic carbocycles. The fraction of sp³-hybridized carbons (Fsp3) is 0.185. The zero-order chi connectivity index (χ0) is 24.4. The lowest BCUT2D eigenvalue weighted by molar-refractivity contribution is 0.101. The Kier molecular flexibility index (Phi) is 9.24. The van der Waals surface area contributed by atoms with E-state index in [9.17, 15) is 9.59 Å². The Hall–Kier alpha value is -4.06. The van der Waals surface area contributed by atoms with Crippen molar-refractivity contribution in [1.29, 1.82) is 0 Å². The van der Waals surface area contributed by atoms with Crippen LogP contribution >= 0.6 is 0 Å². The maximum absolute atomic E-state index is 12.7. The van der Waals surface area contributed by atoms with E-state index in [0.29, 0.717) is 28.3 Å². The number of aryl methyl sites for hydroxylation is 1. The van der Waals surface area contributed by atoms with Gasteiger partial charge in [0, 0.05) is 16.9 Å². The Balaban J connectivity index is 0.000000890. The minimum absolute atomic E-state index is 0.219. The molecule has 0 saturated heterocycles. The molecular weight excluding hydrogens is 416 g/mol. The molecule has 0 spiro atoms. The number of carbonyl (C=O) groups excluding carboxylic acids is 2. The molecule has 6 nitrogen and oxygen atoms in total. The van der Waals surface area contributed by atoms with Gasteiger partial charge in [-0.3, -0.25) is 9.59 Å². The SMILES string of the molecule is C=C(C)C.COc1cccc(OC)c1C(=O)Nc1ccc(C(=O)Nc2ccccc2C)cc1. The highest BCUT2D eigenvalue weighted by Crippen LogP contribution is 2.29. The van der Waals surface area contributed by atoms with E-state index < -0.39 is 0 Å². The molecule has 0 heterocycles. The summed E-state index contributed by atoms with van der Waals surface area (Å²) in [4.78, 5) is 25.2. The molecule has 3 aromatic rings. The van der Waals surface area contributed by atoms with E-state index in [0.717, 1.165) is 11.3 Å². The number of hydrogen-bond acceptors (Lipinski definition) is 4. The number of methoxy groups -OCH3 is 2. The summed E-state index contributed by atoms with van der Waals surface area (Å²) >= 11 is 0. The molecule has 0 radical (unpaired) electrons. The van der Waals surface area contributed by atoms with Crippen LogP contribution in [0.15, 0.2) is 78.9 Å². The summed E-state index contributed by atoms with van der Waals surface area (Å²) in [6.45, 7) is 9.43. The number of hydrogen-bond donors (Lipinski definition) is 2. The fourth-order valence-electron chi connectivity index (χ4n) is 2.88. The van der Waals surface area contributed by atoms with Crippen LogP contribution in [-0.4, -0.2) is 26.0 Å². The molecule has 33 heavy (non-hydrogen) atoms. The predicted octanol–water partition coefficient (Wildman–Crippen LogP) is 6.10. The number of allylic oxidation sites excluding steroid dienone is 1. The van der Waals surface area contributed by atoms with Crippen LogP contribution in [0.2, 0.25) is 0 Å². The minimum Gasteiger partial charge on any atom is -0.496 e. The number of amides is 2. The average molecular weight is 447 g/mol. The van der Waals surface area contributed by atoms with Crippen molar-refractivity contribution >= 4 is 23.2 Å². The van der Waals surface area contributed by atoms with E-state index in [-0.39, 0.29) is 11.8 Å². The van der Waals surface area contributed by atoms with Crippen LogP contribution < -0.4 is 20.1 Å². The van der Waals surface area contributed by atoms with Gasteiger partial charge in [-0.2, -0.15) is 0 Å². The predicted molar refractivity (Wildman–Crippen MR) is 134 cm³/mol. The first kappa shape index (κ1) is 25.2. The van der Waals surface area contributed by atoms with Crippen LogP contribution in [0, 0.1) is 6.92 Å². The van der Waals surface area contributed by atoms with Gasteiger partial charge in [0.15, 0.2) is 0 Å².